The molecular formula is C9H10Br2. The minimum absolute atomic E-state index is 0.590. The van der Waals surface area contributed by atoms with Gasteiger partial charge in [0, 0.05) is 15.6 Å². The second-order valence-corrected chi connectivity index (χ2v) is 5.61. The molecule has 0 nitrogen and oxygen atoms in total. The molecule has 2 aliphatic rings. The molecule has 0 amide bonds. The average molecular weight is 278 g/mol. The zero-order chi connectivity index (χ0) is 8.17. The zero-order valence-electron chi connectivity index (χ0n) is 6.19. The summed E-state index contributed by atoms with van der Waals surface area (Å²) in [7, 11) is 0. The minimum Gasteiger partial charge on any atom is -0.0952 e. The van der Waals surface area contributed by atoms with Gasteiger partial charge in [-0.2, -0.15) is 0 Å². The normalized spacial score (nSPS) is 48.9. The molecule has 0 N–H and O–H groups in total. The fourth-order valence-electron chi connectivity index (χ4n) is 2.17. The molecule has 0 spiro atoms. The Morgan fingerprint density at radius 1 is 1.18 bits per heavy atom. The molecule has 11 heavy (non-hydrogen) atoms. The highest BCUT2D eigenvalue weighted by Crippen LogP contribution is 2.55. The molecule has 0 saturated heterocycles. The lowest BCUT2D eigenvalue weighted by Crippen LogP contribution is -2.13. The van der Waals surface area contributed by atoms with Crippen molar-refractivity contribution < 1.29 is 0 Å². The molecule has 0 radical (unpaired) electrons. The molecule has 2 fully saturated rings. The maximum Gasteiger partial charge on any atom is 0.0294 e. The predicted octanol–water partition coefficient (Wildman–Crippen LogP) is 3.28. The molecule has 0 aromatic carbocycles. The van der Waals surface area contributed by atoms with Crippen LogP contribution in [0.25, 0.3) is 0 Å². The Morgan fingerprint density at radius 2 is 1.82 bits per heavy atom. The van der Waals surface area contributed by atoms with E-state index in [9.17, 15) is 0 Å². The number of rotatable bonds is 0. The smallest absolute Gasteiger partial charge is 0.0294 e. The number of halogens is 2. The van der Waals surface area contributed by atoms with Crippen LogP contribution in [0.4, 0.5) is 0 Å². The van der Waals surface area contributed by atoms with Crippen molar-refractivity contribution in [2.75, 3.05) is 0 Å². The van der Waals surface area contributed by atoms with Crippen molar-refractivity contribution in [3.8, 4) is 0 Å². The van der Waals surface area contributed by atoms with E-state index >= 15 is 0 Å². The van der Waals surface area contributed by atoms with E-state index in [2.05, 4.69) is 45.0 Å². The molecule has 4 atom stereocenters. The van der Waals surface area contributed by atoms with Crippen molar-refractivity contribution >= 4 is 31.9 Å². The third kappa shape index (κ3) is 0.919. The standard InChI is InChI=1S/C9H10Br2/c1-4-5(2)8-7(10)3-6(4)9(8)11/h6-9H,1-3H2/t6-,7+,8-,9-/m1/s1. The van der Waals surface area contributed by atoms with E-state index in [4.69, 9.17) is 0 Å². The van der Waals surface area contributed by atoms with Crippen LogP contribution in [0.1, 0.15) is 6.42 Å². The van der Waals surface area contributed by atoms with E-state index < -0.39 is 0 Å². The fraction of sp³-hybridized carbons (Fsp3) is 0.556. The van der Waals surface area contributed by atoms with Gasteiger partial charge in [0.25, 0.3) is 0 Å². The van der Waals surface area contributed by atoms with Gasteiger partial charge in [-0.3, -0.25) is 0 Å². The Labute approximate surface area is 84.0 Å². The highest BCUT2D eigenvalue weighted by Gasteiger charge is 2.50. The summed E-state index contributed by atoms with van der Waals surface area (Å²) in [5, 5.41) is 0. The number of hydrogen-bond donors (Lipinski definition) is 0. The first kappa shape index (κ1) is 8.06. The van der Waals surface area contributed by atoms with Crippen molar-refractivity contribution in [2.24, 2.45) is 11.8 Å². The van der Waals surface area contributed by atoms with Crippen LogP contribution in [0.15, 0.2) is 24.3 Å². The summed E-state index contributed by atoms with van der Waals surface area (Å²) in [4.78, 5) is 1.21. The third-order valence-corrected chi connectivity index (χ3v) is 5.01. The first-order valence-electron chi connectivity index (χ1n) is 3.79. The molecule has 2 aliphatic carbocycles. The van der Waals surface area contributed by atoms with Crippen molar-refractivity contribution in [3.05, 3.63) is 24.3 Å². The maximum absolute atomic E-state index is 4.06. The van der Waals surface area contributed by atoms with Gasteiger partial charge in [-0.15, -0.1) is 0 Å². The van der Waals surface area contributed by atoms with Crippen LogP contribution in [0.5, 0.6) is 0 Å². The van der Waals surface area contributed by atoms with E-state index in [1.54, 1.807) is 0 Å². The second-order valence-electron chi connectivity index (χ2n) is 3.38. The van der Waals surface area contributed by atoms with E-state index in [1.165, 1.54) is 17.6 Å². The van der Waals surface area contributed by atoms with Crippen LogP contribution < -0.4 is 0 Å². The summed E-state index contributed by atoms with van der Waals surface area (Å²) in [5.41, 5.74) is 2.53. The third-order valence-electron chi connectivity index (χ3n) is 2.86. The topological polar surface area (TPSA) is 0 Å². The van der Waals surface area contributed by atoms with Crippen molar-refractivity contribution in [3.63, 3.8) is 0 Å². The second kappa shape index (κ2) is 2.46. The lowest BCUT2D eigenvalue weighted by atomic mass is 9.92. The van der Waals surface area contributed by atoms with Gasteiger partial charge in [-0.05, 0) is 23.5 Å². The Morgan fingerprint density at radius 3 is 2.18 bits per heavy atom. The summed E-state index contributed by atoms with van der Waals surface area (Å²) in [6.07, 6.45) is 1.22. The van der Waals surface area contributed by atoms with E-state index in [0.717, 1.165) is 0 Å². The summed E-state index contributed by atoms with van der Waals surface area (Å²) in [6, 6.07) is 0. The molecule has 0 aromatic rings. The summed E-state index contributed by atoms with van der Waals surface area (Å²) in [5.74, 6) is 1.23. The fourth-order valence-corrected chi connectivity index (χ4v) is 4.85. The highest BCUT2D eigenvalue weighted by molar-refractivity contribution is 9.10. The number of fused-ring (bicyclic) bond motifs is 2. The summed E-state index contributed by atoms with van der Waals surface area (Å²) in [6.45, 7) is 8.11. The van der Waals surface area contributed by atoms with Crippen LogP contribution in [0.3, 0.4) is 0 Å². The molecule has 2 rings (SSSR count). The van der Waals surface area contributed by atoms with E-state index in [0.29, 0.717) is 21.5 Å². The predicted molar refractivity (Wildman–Crippen MR) is 55.3 cm³/mol. The van der Waals surface area contributed by atoms with Crippen LogP contribution >= 0.6 is 31.9 Å². The van der Waals surface area contributed by atoms with Gasteiger partial charge < -0.3 is 0 Å². The first-order chi connectivity index (χ1) is 5.13. The van der Waals surface area contributed by atoms with Gasteiger partial charge in [0.2, 0.25) is 0 Å². The van der Waals surface area contributed by atoms with Crippen LogP contribution in [0, 0.1) is 11.8 Å². The van der Waals surface area contributed by atoms with Gasteiger partial charge in [0.1, 0.15) is 0 Å². The number of hydrogen-bond acceptors (Lipinski definition) is 0. The molecule has 60 valence electrons. The van der Waals surface area contributed by atoms with Gasteiger partial charge in [0.05, 0.1) is 0 Å². The molecule has 0 heterocycles. The molecule has 0 unspecified atom stereocenters. The zero-order valence-corrected chi connectivity index (χ0v) is 9.36. The first-order valence-corrected chi connectivity index (χ1v) is 5.62. The lowest BCUT2D eigenvalue weighted by molar-refractivity contribution is 0.682. The maximum atomic E-state index is 4.06. The molecule has 2 heteroatoms. The van der Waals surface area contributed by atoms with Crippen molar-refractivity contribution in [1.82, 2.24) is 0 Å². The van der Waals surface area contributed by atoms with E-state index in [-0.39, 0.29) is 0 Å². The number of allylic oxidation sites excluding steroid dienone is 2. The van der Waals surface area contributed by atoms with Gasteiger partial charge in [0.15, 0.2) is 0 Å². The minimum atomic E-state index is 0.590. The Hall–Kier alpha value is 0.440. The highest BCUT2D eigenvalue weighted by atomic mass is 79.9. The summed E-state index contributed by atoms with van der Waals surface area (Å²) < 4.78 is 0. The number of alkyl halides is 2. The monoisotopic (exact) mass is 276 g/mol. The molecule has 0 aliphatic heterocycles. The van der Waals surface area contributed by atoms with Crippen LogP contribution in [0.2, 0.25) is 0 Å². The largest absolute Gasteiger partial charge is 0.0952 e. The quantitative estimate of drug-likeness (QED) is 0.596. The Bertz CT molecular complexity index is 232. The van der Waals surface area contributed by atoms with Crippen molar-refractivity contribution in [2.45, 2.75) is 16.1 Å². The molecule has 0 aromatic heterocycles. The lowest BCUT2D eigenvalue weighted by Gasteiger charge is -2.19. The van der Waals surface area contributed by atoms with Gasteiger partial charge >= 0.3 is 0 Å². The van der Waals surface area contributed by atoms with E-state index in [1.807, 2.05) is 0 Å². The van der Waals surface area contributed by atoms with Crippen molar-refractivity contribution in [1.29, 1.82) is 0 Å². The van der Waals surface area contributed by atoms with Crippen LogP contribution in [-0.4, -0.2) is 9.65 Å². The molecule has 2 bridgehead atoms. The molecular weight excluding hydrogens is 268 g/mol. The van der Waals surface area contributed by atoms with Gasteiger partial charge in [-0.25, -0.2) is 0 Å². The Kier molecular flexibility index (Phi) is 1.80. The molecule has 2 saturated carbocycles. The summed E-state index contributed by atoms with van der Waals surface area (Å²) >= 11 is 7.37. The Balaban J connectivity index is 2.38. The van der Waals surface area contributed by atoms with Crippen LogP contribution in [-0.2, 0) is 0 Å². The average Bonchev–Trinajstić information content (AvgIpc) is 2.31. The van der Waals surface area contributed by atoms with Gasteiger partial charge in [-0.1, -0.05) is 45.0 Å². The SMILES string of the molecule is C=C1C(=C)[C@H]2C[C@H](Br)[C@@H]1[C@@H]2Br.